The molecule has 1 rings (SSSR count). The predicted molar refractivity (Wildman–Crippen MR) is 66.4 cm³/mol. The summed E-state index contributed by atoms with van der Waals surface area (Å²) in [5.74, 6) is 0.651. The lowest BCUT2D eigenvalue weighted by Gasteiger charge is -2.10. The third kappa shape index (κ3) is 4.33. The lowest BCUT2D eigenvalue weighted by Crippen LogP contribution is -2.29. The summed E-state index contributed by atoms with van der Waals surface area (Å²) in [6, 6.07) is 6.29. The topological polar surface area (TPSA) is 81.4 Å². The average molecular weight is 258 g/mol. The van der Waals surface area contributed by atoms with Crippen LogP contribution < -0.4 is 15.2 Å². The van der Waals surface area contributed by atoms with Gasteiger partial charge in [0, 0.05) is 13.1 Å². The Bertz CT molecular complexity index is 440. The number of hydrogen-bond donors (Lipinski definition) is 2. The van der Waals surface area contributed by atoms with E-state index in [0.717, 1.165) is 0 Å². The number of benzene rings is 1. The fraction of sp³-hybridized carbons (Fsp3) is 0.455. The molecule has 0 amide bonds. The molecule has 0 radical (unpaired) electrons. The van der Waals surface area contributed by atoms with Crippen molar-refractivity contribution in [1.82, 2.24) is 4.72 Å². The Kier molecular flexibility index (Phi) is 4.92. The summed E-state index contributed by atoms with van der Waals surface area (Å²) in [6.45, 7) is 4.32. The first-order chi connectivity index (χ1) is 7.95. The number of sulfonamides is 1. The molecule has 0 atom stereocenters. The molecule has 17 heavy (non-hydrogen) atoms. The number of nitrogens with one attached hydrogen (secondary N) is 1. The first-order valence-electron chi connectivity index (χ1n) is 5.42. The van der Waals surface area contributed by atoms with Crippen LogP contribution in [-0.2, 0) is 10.0 Å². The van der Waals surface area contributed by atoms with E-state index in [1.54, 1.807) is 12.1 Å². The normalized spacial score (nSPS) is 11.8. The highest BCUT2D eigenvalue weighted by atomic mass is 32.2. The molecule has 96 valence electrons. The van der Waals surface area contributed by atoms with Crippen LogP contribution in [0.2, 0.25) is 0 Å². The van der Waals surface area contributed by atoms with E-state index in [1.807, 2.05) is 13.8 Å². The fourth-order valence-corrected chi connectivity index (χ4v) is 2.29. The molecular formula is C11H18N2O3S. The van der Waals surface area contributed by atoms with Gasteiger partial charge < -0.3 is 10.5 Å². The molecule has 0 bridgehead atoms. The summed E-state index contributed by atoms with van der Waals surface area (Å²) >= 11 is 0. The highest BCUT2D eigenvalue weighted by Gasteiger charge is 2.12. The average Bonchev–Trinajstić information content (AvgIpc) is 2.26. The van der Waals surface area contributed by atoms with Crippen LogP contribution in [0.1, 0.15) is 13.8 Å². The van der Waals surface area contributed by atoms with Crippen molar-refractivity contribution in [3.05, 3.63) is 24.3 Å². The Balaban J connectivity index is 2.80. The molecule has 0 aromatic heterocycles. The summed E-state index contributed by atoms with van der Waals surface area (Å²) < 4.78 is 31.3. The summed E-state index contributed by atoms with van der Waals surface area (Å²) in [4.78, 5) is 0.210. The molecule has 0 aliphatic rings. The van der Waals surface area contributed by atoms with Gasteiger partial charge in [-0.05, 0) is 38.1 Å². The Labute approximate surface area is 102 Å². The smallest absolute Gasteiger partial charge is 0.240 e. The molecule has 0 aliphatic heterocycles. The van der Waals surface area contributed by atoms with E-state index in [1.165, 1.54) is 12.1 Å². The summed E-state index contributed by atoms with van der Waals surface area (Å²) in [6.07, 6.45) is 0.0628. The van der Waals surface area contributed by atoms with Crippen LogP contribution in [0.15, 0.2) is 29.2 Å². The van der Waals surface area contributed by atoms with Crippen LogP contribution in [0.3, 0.4) is 0 Å². The van der Waals surface area contributed by atoms with Gasteiger partial charge in [0.15, 0.2) is 0 Å². The third-order valence-corrected chi connectivity index (χ3v) is 3.42. The van der Waals surface area contributed by atoms with Gasteiger partial charge in [0.2, 0.25) is 10.0 Å². The van der Waals surface area contributed by atoms with Crippen LogP contribution in [0, 0.1) is 0 Å². The Morgan fingerprint density at radius 2 is 1.88 bits per heavy atom. The number of hydrogen-bond acceptors (Lipinski definition) is 4. The number of nitrogens with two attached hydrogens (primary N) is 1. The lowest BCUT2D eigenvalue weighted by atomic mass is 10.3. The molecule has 0 aliphatic carbocycles. The van der Waals surface area contributed by atoms with E-state index in [0.29, 0.717) is 5.75 Å². The summed E-state index contributed by atoms with van der Waals surface area (Å²) in [7, 11) is -3.45. The molecule has 3 N–H and O–H groups in total. The second-order valence-corrected chi connectivity index (χ2v) is 5.59. The first kappa shape index (κ1) is 14.0. The summed E-state index contributed by atoms with van der Waals surface area (Å²) in [5, 5.41) is 0. The van der Waals surface area contributed by atoms with Gasteiger partial charge in [0.25, 0.3) is 0 Å². The maximum Gasteiger partial charge on any atom is 0.240 e. The second kappa shape index (κ2) is 6.00. The highest BCUT2D eigenvalue weighted by molar-refractivity contribution is 7.89. The van der Waals surface area contributed by atoms with E-state index < -0.39 is 10.0 Å². The van der Waals surface area contributed by atoms with Crippen molar-refractivity contribution in [3.8, 4) is 5.75 Å². The molecular weight excluding hydrogens is 240 g/mol. The quantitative estimate of drug-likeness (QED) is 0.787. The molecule has 1 aromatic carbocycles. The molecule has 0 fully saturated rings. The van der Waals surface area contributed by atoms with Crippen molar-refractivity contribution in [1.29, 1.82) is 0 Å². The van der Waals surface area contributed by atoms with E-state index >= 15 is 0 Å². The van der Waals surface area contributed by atoms with Gasteiger partial charge in [0.1, 0.15) is 5.75 Å². The van der Waals surface area contributed by atoms with Crippen molar-refractivity contribution >= 4 is 10.0 Å². The lowest BCUT2D eigenvalue weighted by molar-refractivity contribution is 0.242. The molecule has 0 saturated carbocycles. The van der Waals surface area contributed by atoms with Crippen LogP contribution in [-0.4, -0.2) is 27.6 Å². The van der Waals surface area contributed by atoms with Crippen molar-refractivity contribution in [3.63, 3.8) is 0 Å². The van der Waals surface area contributed by atoms with E-state index in [2.05, 4.69) is 4.72 Å². The van der Waals surface area contributed by atoms with E-state index in [9.17, 15) is 8.42 Å². The second-order valence-electron chi connectivity index (χ2n) is 3.82. The van der Waals surface area contributed by atoms with Gasteiger partial charge in [-0.1, -0.05) is 0 Å². The SMILES string of the molecule is CC(C)Oc1ccc(S(=O)(=O)NCCN)cc1. The molecule has 0 saturated heterocycles. The van der Waals surface area contributed by atoms with E-state index in [-0.39, 0.29) is 24.1 Å². The van der Waals surface area contributed by atoms with Gasteiger partial charge in [-0.15, -0.1) is 0 Å². The Hall–Kier alpha value is -1.11. The van der Waals surface area contributed by atoms with Gasteiger partial charge in [0.05, 0.1) is 11.0 Å². The standard InChI is InChI=1S/C11H18N2O3S/c1-9(2)16-10-3-5-11(6-4-10)17(14,15)13-8-7-12/h3-6,9,13H,7-8,12H2,1-2H3. The Morgan fingerprint density at radius 1 is 1.29 bits per heavy atom. The zero-order valence-corrected chi connectivity index (χ0v) is 10.8. The minimum Gasteiger partial charge on any atom is -0.491 e. The number of rotatable bonds is 6. The van der Waals surface area contributed by atoms with Gasteiger partial charge in [-0.25, -0.2) is 13.1 Å². The predicted octanol–water partition coefficient (Wildman–Crippen LogP) is 0.711. The Morgan fingerprint density at radius 3 is 2.35 bits per heavy atom. The van der Waals surface area contributed by atoms with Crippen LogP contribution >= 0.6 is 0 Å². The fourth-order valence-electron chi connectivity index (χ4n) is 1.25. The van der Waals surface area contributed by atoms with Gasteiger partial charge in [-0.2, -0.15) is 0 Å². The van der Waals surface area contributed by atoms with E-state index in [4.69, 9.17) is 10.5 Å². The van der Waals surface area contributed by atoms with Crippen LogP contribution in [0.25, 0.3) is 0 Å². The maximum atomic E-state index is 11.7. The monoisotopic (exact) mass is 258 g/mol. The minimum absolute atomic E-state index is 0.0628. The van der Waals surface area contributed by atoms with Crippen LogP contribution in [0.4, 0.5) is 0 Å². The zero-order valence-electron chi connectivity index (χ0n) is 10.0. The maximum absolute atomic E-state index is 11.7. The number of ether oxygens (including phenoxy) is 1. The highest BCUT2D eigenvalue weighted by Crippen LogP contribution is 2.16. The third-order valence-electron chi connectivity index (χ3n) is 1.94. The summed E-state index contributed by atoms with van der Waals surface area (Å²) in [5.41, 5.74) is 5.25. The van der Waals surface area contributed by atoms with Crippen LogP contribution in [0.5, 0.6) is 5.75 Å². The zero-order chi connectivity index (χ0) is 12.9. The molecule has 6 heteroatoms. The minimum atomic E-state index is -3.45. The van der Waals surface area contributed by atoms with Crippen molar-refractivity contribution in [2.45, 2.75) is 24.8 Å². The van der Waals surface area contributed by atoms with Crippen molar-refractivity contribution in [2.24, 2.45) is 5.73 Å². The molecule has 5 nitrogen and oxygen atoms in total. The molecule has 0 spiro atoms. The first-order valence-corrected chi connectivity index (χ1v) is 6.90. The molecule has 0 heterocycles. The molecule has 0 unspecified atom stereocenters. The van der Waals surface area contributed by atoms with Crippen molar-refractivity contribution < 1.29 is 13.2 Å². The largest absolute Gasteiger partial charge is 0.491 e. The van der Waals surface area contributed by atoms with Gasteiger partial charge in [-0.3, -0.25) is 0 Å². The van der Waals surface area contributed by atoms with Gasteiger partial charge >= 0.3 is 0 Å². The van der Waals surface area contributed by atoms with Crippen molar-refractivity contribution in [2.75, 3.05) is 13.1 Å². The molecule has 1 aromatic rings.